The lowest BCUT2D eigenvalue weighted by Crippen LogP contribution is -2.34. The lowest BCUT2D eigenvalue weighted by Gasteiger charge is -2.20. The molecule has 1 N–H and O–H groups in total. The van der Waals surface area contributed by atoms with Gasteiger partial charge in [0.25, 0.3) is 0 Å². The van der Waals surface area contributed by atoms with Gasteiger partial charge in [-0.3, -0.25) is 4.79 Å². The molecule has 18 heavy (non-hydrogen) atoms. The van der Waals surface area contributed by atoms with Crippen molar-refractivity contribution >= 4 is 11.9 Å². The summed E-state index contributed by atoms with van der Waals surface area (Å²) in [7, 11) is 0. The number of hydrogen-bond acceptors (Lipinski definition) is 3. The molecule has 0 aromatic carbocycles. The first kappa shape index (κ1) is 16.9. The van der Waals surface area contributed by atoms with Crippen LogP contribution < -0.4 is 5.32 Å². The summed E-state index contributed by atoms with van der Waals surface area (Å²) >= 11 is 0. The molecule has 0 radical (unpaired) electrons. The number of ketones is 1. The fraction of sp³-hybridized carbons (Fsp3) is 0.857. The van der Waals surface area contributed by atoms with Gasteiger partial charge >= 0.3 is 6.09 Å². The molecule has 4 nitrogen and oxygen atoms in total. The van der Waals surface area contributed by atoms with Crippen LogP contribution >= 0.6 is 0 Å². The summed E-state index contributed by atoms with van der Waals surface area (Å²) in [6.07, 6.45) is 0.978. The maximum absolute atomic E-state index is 11.5. The van der Waals surface area contributed by atoms with E-state index in [2.05, 4.69) is 5.32 Å². The Bertz CT molecular complexity index is 279. The highest BCUT2D eigenvalue weighted by Gasteiger charge is 2.16. The number of hydrogen-bond donors (Lipinski definition) is 1. The smallest absolute Gasteiger partial charge is 0.407 e. The van der Waals surface area contributed by atoms with Crippen LogP contribution in [0.1, 0.15) is 54.4 Å². The maximum Gasteiger partial charge on any atom is 0.407 e. The van der Waals surface area contributed by atoms with Crippen molar-refractivity contribution in [3.05, 3.63) is 0 Å². The molecule has 1 amide bonds. The van der Waals surface area contributed by atoms with E-state index in [-0.39, 0.29) is 17.6 Å². The van der Waals surface area contributed by atoms with Gasteiger partial charge in [0.1, 0.15) is 11.4 Å². The Balaban J connectivity index is 3.80. The van der Waals surface area contributed by atoms with Crippen LogP contribution in [-0.4, -0.2) is 24.0 Å². The van der Waals surface area contributed by atoms with Crippen molar-refractivity contribution in [1.29, 1.82) is 0 Å². The van der Waals surface area contributed by atoms with Gasteiger partial charge in [0.2, 0.25) is 0 Å². The van der Waals surface area contributed by atoms with E-state index in [4.69, 9.17) is 4.74 Å². The summed E-state index contributed by atoms with van der Waals surface area (Å²) in [6.45, 7) is 11.9. The highest BCUT2D eigenvalue weighted by atomic mass is 16.6. The molecular weight excluding hydrogens is 230 g/mol. The highest BCUT2D eigenvalue weighted by Crippen LogP contribution is 2.10. The van der Waals surface area contributed by atoms with Crippen LogP contribution in [0.3, 0.4) is 0 Å². The van der Waals surface area contributed by atoms with Crippen LogP contribution in [0.15, 0.2) is 0 Å². The summed E-state index contributed by atoms with van der Waals surface area (Å²) in [5.41, 5.74) is -0.471. The maximum atomic E-state index is 11.5. The van der Waals surface area contributed by atoms with Gasteiger partial charge in [-0.25, -0.2) is 4.79 Å². The number of ether oxygens (including phenoxy) is 1. The largest absolute Gasteiger partial charge is 0.444 e. The van der Waals surface area contributed by atoms with Gasteiger partial charge < -0.3 is 10.1 Å². The second-order valence-electron chi connectivity index (χ2n) is 6.15. The predicted octanol–water partition coefficient (Wildman–Crippen LogP) is 3.15. The van der Waals surface area contributed by atoms with E-state index in [0.29, 0.717) is 13.0 Å². The Labute approximate surface area is 110 Å². The molecular formula is C14H27NO3. The van der Waals surface area contributed by atoms with Gasteiger partial charge in [-0.2, -0.15) is 0 Å². The third-order valence-electron chi connectivity index (χ3n) is 2.52. The van der Waals surface area contributed by atoms with Gasteiger partial charge in [-0.15, -0.1) is 0 Å². The SMILES string of the molecule is CC(CCC(=O)C(C)C)CNC(=O)OC(C)(C)C. The molecule has 0 rings (SSSR count). The van der Waals surface area contributed by atoms with Crippen LogP contribution in [-0.2, 0) is 9.53 Å². The normalized spacial score (nSPS) is 13.3. The van der Waals surface area contributed by atoms with Gasteiger partial charge in [-0.1, -0.05) is 20.8 Å². The number of Topliss-reactive ketones (excluding diaryl/α,β-unsaturated/α-hetero) is 1. The fourth-order valence-electron chi connectivity index (χ4n) is 1.35. The van der Waals surface area contributed by atoms with Crippen molar-refractivity contribution in [2.75, 3.05) is 6.54 Å². The van der Waals surface area contributed by atoms with Crippen molar-refractivity contribution in [3.8, 4) is 0 Å². The van der Waals surface area contributed by atoms with E-state index in [1.807, 2.05) is 41.5 Å². The predicted molar refractivity (Wildman–Crippen MR) is 72.5 cm³/mol. The summed E-state index contributed by atoms with van der Waals surface area (Å²) in [4.78, 5) is 22.9. The fourth-order valence-corrected chi connectivity index (χ4v) is 1.35. The van der Waals surface area contributed by atoms with Crippen molar-refractivity contribution in [2.45, 2.75) is 60.0 Å². The molecule has 0 aliphatic heterocycles. The van der Waals surface area contributed by atoms with Crippen LogP contribution in [0, 0.1) is 11.8 Å². The van der Waals surface area contributed by atoms with Crippen molar-refractivity contribution in [3.63, 3.8) is 0 Å². The van der Waals surface area contributed by atoms with E-state index in [9.17, 15) is 9.59 Å². The first-order chi connectivity index (χ1) is 8.11. The average molecular weight is 257 g/mol. The van der Waals surface area contributed by atoms with Crippen LogP contribution in [0.5, 0.6) is 0 Å². The average Bonchev–Trinajstić information content (AvgIpc) is 2.20. The minimum absolute atomic E-state index is 0.0935. The number of carbonyl (C=O) groups is 2. The minimum Gasteiger partial charge on any atom is -0.444 e. The number of amides is 1. The van der Waals surface area contributed by atoms with Crippen molar-refractivity contribution in [2.24, 2.45) is 11.8 Å². The molecule has 0 fully saturated rings. The summed E-state index contributed by atoms with van der Waals surface area (Å²) in [5, 5.41) is 2.72. The zero-order chi connectivity index (χ0) is 14.3. The van der Waals surface area contributed by atoms with Crippen molar-refractivity contribution < 1.29 is 14.3 Å². The first-order valence-corrected chi connectivity index (χ1v) is 6.61. The number of carbonyl (C=O) groups excluding carboxylic acids is 2. The quantitative estimate of drug-likeness (QED) is 0.795. The number of nitrogens with one attached hydrogen (secondary N) is 1. The molecule has 0 bridgehead atoms. The molecule has 0 saturated heterocycles. The molecule has 106 valence electrons. The highest BCUT2D eigenvalue weighted by molar-refractivity contribution is 5.80. The van der Waals surface area contributed by atoms with Crippen LogP contribution in [0.4, 0.5) is 4.79 Å². The molecule has 0 aliphatic carbocycles. The lowest BCUT2D eigenvalue weighted by molar-refractivity contribution is -0.122. The van der Waals surface area contributed by atoms with E-state index in [1.54, 1.807) is 0 Å². The van der Waals surface area contributed by atoms with E-state index in [0.717, 1.165) is 6.42 Å². The molecule has 0 aromatic heterocycles. The molecule has 0 aliphatic rings. The Morgan fingerprint density at radius 1 is 1.17 bits per heavy atom. The van der Waals surface area contributed by atoms with Crippen LogP contribution in [0.2, 0.25) is 0 Å². The standard InChI is InChI=1S/C14H27NO3/c1-10(2)12(16)8-7-11(3)9-15-13(17)18-14(4,5)6/h10-11H,7-9H2,1-6H3,(H,15,17). The molecule has 0 spiro atoms. The molecule has 0 saturated carbocycles. The summed E-state index contributed by atoms with van der Waals surface area (Å²) < 4.78 is 5.13. The van der Waals surface area contributed by atoms with E-state index < -0.39 is 11.7 Å². The second kappa shape index (κ2) is 7.39. The van der Waals surface area contributed by atoms with E-state index >= 15 is 0 Å². The number of rotatable bonds is 6. The lowest BCUT2D eigenvalue weighted by atomic mass is 9.98. The van der Waals surface area contributed by atoms with E-state index in [1.165, 1.54) is 0 Å². The topological polar surface area (TPSA) is 55.4 Å². The molecule has 0 aromatic rings. The zero-order valence-electron chi connectivity index (χ0n) is 12.5. The summed E-state index contributed by atoms with van der Waals surface area (Å²) in [5.74, 6) is 0.648. The monoisotopic (exact) mass is 257 g/mol. The first-order valence-electron chi connectivity index (χ1n) is 6.61. The van der Waals surface area contributed by atoms with Gasteiger partial charge in [0.05, 0.1) is 0 Å². The van der Waals surface area contributed by atoms with Gasteiger partial charge in [0.15, 0.2) is 0 Å². The van der Waals surface area contributed by atoms with Crippen LogP contribution in [0.25, 0.3) is 0 Å². The third kappa shape index (κ3) is 9.02. The summed E-state index contributed by atoms with van der Waals surface area (Å²) in [6, 6.07) is 0. The Hall–Kier alpha value is -1.06. The molecule has 1 unspecified atom stereocenters. The molecule has 0 heterocycles. The van der Waals surface area contributed by atoms with Gasteiger partial charge in [0, 0.05) is 18.9 Å². The third-order valence-corrected chi connectivity index (χ3v) is 2.52. The number of alkyl carbamates (subject to hydrolysis) is 1. The zero-order valence-corrected chi connectivity index (χ0v) is 12.5. The Kier molecular flexibility index (Phi) is 6.96. The van der Waals surface area contributed by atoms with Crippen molar-refractivity contribution in [1.82, 2.24) is 5.32 Å². The second-order valence-corrected chi connectivity index (χ2v) is 6.15. The van der Waals surface area contributed by atoms with Gasteiger partial charge in [-0.05, 0) is 33.1 Å². The Morgan fingerprint density at radius 2 is 1.72 bits per heavy atom. The molecule has 1 atom stereocenters. The molecule has 4 heteroatoms. The minimum atomic E-state index is -0.471. The Morgan fingerprint density at radius 3 is 2.17 bits per heavy atom.